The average molecular weight is 384 g/mol. The number of benzene rings is 2. The highest BCUT2D eigenvalue weighted by molar-refractivity contribution is 5.96. The van der Waals surface area contributed by atoms with Gasteiger partial charge in [-0.15, -0.1) is 0 Å². The van der Waals surface area contributed by atoms with Gasteiger partial charge in [-0.3, -0.25) is 19.8 Å². The first kappa shape index (κ1) is 18.2. The summed E-state index contributed by atoms with van der Waals surface area (Å²) >= 11 is 0. The molecule has 146 valence electrons. The first-order valence-electron chi connectivity index (χ1n) is 8.97. The molecule has 0 aliphatic carbocycles. The molecule has 2 aromatic carbocycles. The minimum absolute atomic E-state index is 0.0361. The number of non-ortho nitro benzene ring substituents is 1. The molecule has 8 nitrogen and oxygen atoms in total. The van der Waals surface area contributed by atoms with Crippen LogP contribution in [0.2, 0.25) is 0 Å². The maximum absolute atomic E-state index is 12.9. The van der Waals surface area contributed by atoms with Crippen LogP contribution in [0, 0.1) is 10.1 Å². The fourth-order valence-corrected chi connectivity index (χ4v) is 3.85. The third-order valence-corrected chi connectivity index (χ3v) is 5.33. The lowest BCUT2D eigenvalue weighted by Gasteiger charge is -2.35. The van der Waals surface area contributed by atoms with E-state index in [9.17, 15) is 14.9 Å². The minimum atomic E-state index is -0.479. The molecule has 0 aromatic heterocycles. The summed E-state index contributed by atoms with van der Waals surface area (Å²) in [5, 5.41) is 10.8. The van der Waals surface area contributed by atoms with Crippen LogP contribution in [0.4, 0.5) is 5.69 Å². The summed E-state index contributed by atoms with van der Waals surface area (Å²) in [5.74, 6) is 1.77. The second kappa shape index (κ2) is 7.12. The molecule has 0 radical (unpaired) electrons. The number of nitro groups is 1. The van der Waals surface area contributed by atoms with Gasteiger partial charge in [-0.1, -0.05) is 0 Å². The Balaban J connectivity index is 1.67. The third kappa shape index (κ3) is 3.05. The number of nitrogens with zero attached hydrogens (tertiary/aromatic N) is 2. The minimum Gasteiger partial charge on any atom is -0.492 e. The first-order valence-corrected chi connectivity index (χ1v) is 8.97. The van der Waals surface area contributed by atoms with Gasteiger partial charge in [0.05, 0.1) is 12.0 Å². The van der Waals surface area contributed by atoms with E-state index in [1.54, 1.807) is 7.11 Å². The molecule has 0 spiro atoms. The number of nitro benzene ring substituents is 1. The summed E-state index contributed by atoms with van der Waals surface area (Å²) in [6.45, 7) is 0.949. The predicted molar refractivity (Wildman–Crippen MR) is 100 cm³/mol. The second-order valence-electron chi connectivity index (χ2n) is 6.89. The number of ketones is 1. The molecule has 0 fully saturated rings. The number of carbonyl (C=O) groups is 1. The van der Waals surface area contributed by atoms with Crippen molar-refractivity contribution >= 4 is 11.5 Å². The van der Waals surface area contributed by atoms with Gasteiger partial charge >= 0.3 is 0 Å². The van der Waals surface area contributed by atoms with Crippen LogP contribution in [0.25, 0.3) is 0 Å². The summed E-state index contributed by atoms with van der Waals surface area (Å²) < 4.78 is 16.7. The van der Waals surface area contributed by atoms with E-state index in [1.807, 2.05) is 13.1 Å². The maximum Gasteiger partial charge on any atom is 0.269 e. The van der Waals surface area contributed by atoms with Crippen LogP contribution >= 0.6 is 0 Å². The van der Waals surface area contributed by atoms with Gasteiger partial charge < -0.3 is 14.2 Å². The van der Waals surface area contributed by atoms with Crippen molar-refractivity contribution in [2.45, 2.75) is 18.9 Å². The van der Waals surface area contributed by atoms with E-state index in [0.717, 1.165) is 24.1 Å². The number of carbonyl (C=O) groups excluding carboxylic acids is 1. The lowest BCUT2D eigenvalue weighted by Crippen LogP contribution is -2.34. The van der Waals surface area contributed by atoms with E-state index in [-0.39, 0.29) is 30.7 Å². The molecule has 0 amide bonds. The Bertz CT molecular complexity index is 941. The molecule has 0 saturated carbocycles. The van der Waals surface area contributed by atoms with Crippen molar-refractivity contribution in [1.29, 1.82) is 0 Å². The molecule has 0 unspecified atom stereocenters. The Hall–Kier alpha value is -3.13. The molecule has 2 aliphatic heterocycles. The highest BCUT2D eigenvalue weighted by Crippen LogP contribution is 2.50. The number of likely N-dealkylation sites (N-methyl/N-ethyl adjacent to an activating group) is 1. The van der Waals surface area contributed by atoms with Crippen molar-refractivity contribution in [1.82, 2.24) is 4.90 Å². The number of methoxy groups -OCH3 is 1. The lowest BCUT2D eigenvalue weighted by atomic mass is 9.87. The Morgan fingerprint density at radius 1 is 1.32 bits per heavy atom. The molecule has 2 heterocycles. The molecule has 28 heavy (non-hydrogen) atoms. The fraction of sp³-hybridized carbons (Fsp3) is 0.350. The molecule has 8 heteroatoms. The Labute approximate surface area is 161 Å². The smallest absolute Gasteiger partial charge is 0.269 e. The molecular weight excluding hydrogens is 364 g/mol. The van der Waals surface area contributed by atoms with E-state index in [0.29, 0.717) is 22.8 Å². The number of hydrogen-bond acceptors (Lipinski definition) is 7. The Morgan fingerprint density at radius 2 is 2.07 bits per heavy atom. The van der Waals surface area contributed by atoms with Gasteiger partial charge in [0.2, 0.25) is 12.5 Å². The van der Waals surface area contributed by atoms with E-state index in [1.165, 1.54) is 24.3 Å². The second-order valence-corrected chi connectivity index (χ2v) is 6.89. The normalized spacial score (nSPS) is 17.9. The van der Waals surface area contributed by atoms with Crippen LogP contribution in [-0.2, 0) is 6.42 Å². The van der Waals surface area contributed by atoms with Gasteiger partial charge in [0.25, 0.3) is 5.69 Å². The van der Waals surface area contributed by atoms with Crippen molar-refractivity contribution in [3.63, 3.8) is 0 Å². The summed E-state index contributed by atoms with van der Waals surface area (Å²) in [6, 6.07) is 7.49. The van der Waals surface area contributed by atoms with Crippen molar-refractivity contribution in [2.24, 2.45) is 0 Å². The largest absolute Gasteiger partial charge is 0.492 e. The molecular formula is C20H20N2O6. The highest BCUT2D eigenvalue weighted by atomic mass is 16.7. The standard InChI is InChI=1S/C20H20N2O6/c1-21-8-7-13-9-17-19(28-11-27-17)20(26-2)18(13)15(21)10-16(23)12-3-5-14(6-4-12)22(24)25/h3-6,9,15H,7-8,10-11H2,1-2H3/t15-/m1/s1. The monoisotopic (exact) mass is 384 g/mol. The van der Waals surface area contributed by atoms with Crippen LogP contribution < -0.4 is 14.2 Å². The molecule has 2 aliphatic rings. The third-order valence-electron chi connectivity index (χ3n) is 5.33. The Kier molecular flexibility index (Phi) is 4.64. The Morgan fingerprint density at radius 3 is 2.75 bits per heavy atom. The van der Waals surface area contributed by atoms with E-state index in [4.69, 9.17) is 14.2 Å². The zero-order valence-electron chi connectivity index (χ0n) is 15.6. The highest BCUT2D eigenvalue weighted by Gasteiger charge is 2.35. The number of rotatable bonds is 5. The SMILES string of the molecule is COc1c2c(cc3c1[C@@H](CC(=O)c1ccc([N+](=O)[O-])cc1)N(C)CC3)OCO2. The van der Waals surface area contributed by atoms with Gasteiger partial charge in [-0.25, -0.2) is 0 Å². The van der Waals surface area contributed by atoms with Crippen molar-refractivity contribution in [2.75, 3.05) is 27.5 Å². The lowest BCUT2D eigenvalue weighted by molar-refractivity contribution is -0.384. The van der Waals surface area contributed by atoms with Crippen LogP contribution in [0.15, 0.2) is 30.3 Å². The summed E-state index contributed by atoms with van der Waals surface area (Å²) in [4.78, 5) is 25.4. The zero-order valence-corrected chi connectivity index (χ0v) is 15.6. The molecule has 0 bridgehead atoms. The van der Waals surface area contributed by atoms with Crippen LogP contribution in [0.1, 0.15) is 33.9 Å². The molecule has 0 N–H and O–H groups in total. The number of hydrogen-bond donors (Lipinski definition) is 0. The van der Waals surface area contributed by atoms with E-state index in [2.05, 4.69) is 4.90 Å². The number of Topliss-reactive ketones (excluding diaryl/α,β-unsaturated/α-hetero) is 1. The van der Waals surface area contributed by atoms with E-state index >= 15 is 0 Å². The van der Waals surface area contributed by atoms with Crippen LogP contribution in [0.3, 0.4) is 0 Å². The van der Waals surface area contributed by atoms with Crippen molar-refractivity contribution in [3.05, 3.63) is 57.1 Å². The zero-order chi connectivity index (χ0) is 19.8. The molecule has 1 atom stereocenters. The van der Waals surface area contributed by atoms with Gasteiger partial charge in [-0.05, 0) is 37.2 Å². The van der Waals surface area contributed by atoms with Crippen molar-refractivity contribution in [3.8, 4) is 17.2 Å². The first-order chi connectivity index (χ1) is 13.5. The van der Waals surface area contributed by atoms with Crippen LogP contribution in [0.5, 0.6) is 17.2 Å². The predicted octanol–water partition coefficient (Wildman–Crippen LogP) is 3.13. The number of ether oxygens (including phenoxy) is 3. The van der Waals surface area contributed by atoms with Gasteiger partial charge in [0, 0.05) is 42.3 Å². The molecule has 2 aromatic rings. The van der Waals surface area contributed by atoms with Gasteiger partial charge in [-0.2, -0.15) is 0 Å². The van der Waals surface area contributed by atoms with Gasteiger partial charge in [0.15, 0.2) is 17.3 Å². The summed E-state index contributed by atoms with van der Waals surface area (Å²) in [6.07, 6.45) is 1.05. The fourth-order valence-electron chi connectivity index (χ4n) is 3.85. The van der Waals surface area contributed by atoms with E-state index < -0.39 is 4.92 Å². The number of fused-ring (bicyclic) bond motifs is 2. The molecule has 0 saturated heterocycles. The van der Waals surface area contributed by atoms with Crippen LogP contribution in [-0.4, -0.2) is 43.1 Å². The summed E-state index contributed by atoms with van der Waals surface area (Å²) in [5.41, 5.74) is 2.44. The quantitative estimate of drug-likeness (QED) is 0.444. The topological polar surface area (TPSA) is 91.1 Å². The molecule has 4 rings (SSSR count). The summed E-state index contributed by atoms with van der Waals surface area (Å²) in [7, 11) is 3.56. The average Bonchev–Trinajstić information content (AvgIpc) is 3.16. The van der Waals surface area contributed by atoms with Gasteiger partial charge in [0.1, 0.15) is 0 Å². The maximum atomic E-state index is 12.9. The van der Waals surface area contributed by atoms with Crippen molar-refractivity contribution < 1.29 is 23.9 Å².